The molecule has 2 aromatic carbocycles. The largest absolute Gasteiger partial charge is 0.478 e. The average molecular weight is 450 g/mol. The number of nitrogens with zero attached hydrogens (tertiary/aromatic N) is 3. The second-order valence-electron chi connectivity index (χ2n) is 8.34. The van der Waals surface area contributed by atoms with Crippen LogP contribution in [0.15, 0.2) is 60.8 Å². The van der Waals surface area contributed by atoms with E-state index in [4.69, 9.17) is 16.6 Å². The molecule has 3 aromatic rings. The third-order valence-corrected chi connectivity index (χ3v) is 6.26. The molecule has 0 amide bonds. The van der Waals surface area contributed by atoms with Gasteiger partial charge in [-0.25, -0.2) is 14.8 Å². The summed E-state index contributed by atoms with van der Waals surface area (Å²) >= 11 is 6.18. The number of hydrogen-bond acceptors (Lipinski definition) is 4. The van der Waals surface area contributed by atoms with Crippen LogP contribution in [-0.2, 0) is 19.4 Å². The van der Waals surface area contributed by atoms with Gasteiger partial charge >= 0.3 is 5.97 Å². The topological polar surface area (TPSA) is 66.3 Å². The Morgan fingerprint density at radius 3 is 2.66 bits per heavy atom. The van der Waals surface area contributed by atoms with E-state index >= 15 is 0 Å². The van der Waals surface area contributed by atoms with Gasteiger partial charge in [0, 0.05) is 17.8 Å². The number of aromatic nitrogens is 2. The third-order valence-electron chi connectivity index (χ3n) is 6.02. The minimum atomic E-state index is -0.967. The molecule has 0 bridgehead atoms. The van der Waals surface area contributed by atoms with E-state index in [1.807, 2.05) is 36.4 Å². The summed E-state index contributed by atoms with van der Waals surface area (Å²) in [6.07, 6.45) is 7.07. The smallest absolute Gasteiger partial charge is 0.339 e. The molecule has 1 aliphatic heterocycles. The van der Waals surface area contributed by atoms with Crippen LogP contribution < -0.4 is 0 Å². The minimum Gasteiger partial charge on any atom is -0.478 e. The highest BCUT2D eigenvalue weighted by molar-refractivity contribution is 6.30. The number of piperidine rings is 1. The Hall–Kier alpha value is -2.76. The molecule has 0 spiro atoms. The van der Waals surface area contributed by atoms with E-state index in [1.165, 1.54) is 11.8 Å². The van der Waals surface area contributed by atoms with Crippen molar-refractivity contribution in [2.24, 2.45) is 0 Å². The van der Waals surface area contributed by atoms with E-state index in [1.54, 1.807) is 0 Å². The van der Waals surface area contributed by atoms with Crippen molar-refractivity contribution < 1.29 is 9.90 Å². The highest BCUT2D eigenvalue weighted by Crippen LogP contribution is 2.31. The monoisotopic (exact) mass is 449 g/mol. The molecule has 1 saturated heterocycles. The fraction of sp³-hybridized carbons (Fsp3) is 0.346. The van der Waals surface area contributed by atoms with E-state index in [9.17, 15) is 9.90 Å². The lowest BCUT2D eigenvalue weighted by Crippen LogP contribution is -2.34. The first kappa shape index (κ1) is 22.4. The van der Waals surface area contributed by atoms with Gasteiger partial charge in [-0.3, -0.25) is 4.90 Å². The van der Waals surface area contributed by atoms with Crippen LogP contribution in [0.2, 0.25) is 5.02 Å². The molecule has 166 valence electrons. The summed E-state index contributed by atoms with van der Waals surface area (Å²) in [6, 6.07) is 18.3. The van der Waals surface area contributed by atoms with Crippen LogP contribution in [0.25, 0.3) is 0 Å². The lowest BCUT2D eigenvalue weighted by Gasteiger charge is -2.35. The van der Waals surface area contributed by atoms with Crippen molar-refractivity contribution in [2.75, 3.05) is 6.54 Å². The van der Waals surface area contributed by atoms with Crippen LogP contribution in [0.5, 0.6) is 0 Å². The van der Waals surface area contributed by atoms with Crippen LogP contribution in [0.1, 0.15) is 64.7 Å². The zero-order valence-corrected chi connectivity index (χ0v) is 18.8. The Labute approximate surface area is 194 Å². The Bertz CT molecular complexity index is 1060. The average Bonchev–Trinajstić information content (AvgIpc) is 2.80. The number of halogens is 1. The third kappa shape index (κ3) is 5.72. The summed E-state index contributed by atoms with van der Waals surface area (Å²) in [7, 11) is 0. The number of carbonyl (C=O) groups is 1. The number of benzene rings is 2. The van der Waals surface area contributed by atoms with E-state index in [0.717, 1.165) is 61.6 Å². The van der Waals surface area contributed by atoms with E-state index < -0.39 is 5.97 Å². The highest BCUT2D eigenvalue weighted by atomic mass is 35.5. The van der Waals surface area contributed by atoms with Gasteiger partial charge in [0.2, 0.25) is 0 Å². The zero-order valence-electron chi connectivity index (χ0n) is 18.1. The molecular formula is C26H28ClN3O2. The summed E-state index contributed by atoms with van der Waals surface area (Å²) in [6.45, 7) is 1.74. The molecule has 2 heterocycles. The Morgan fingerprint density at radius 2 is 1.88 bits per heavy atom. The van der Waals surface area contributed by atoms with E-state index in [2.05, 4.69) is 28.1 Å². The van der Waals surface area contributed by atoms with Crippen LogP contribution in [0.4, 0.5) is 0 Å². The van der Waals surface area contributed by atoms with Gasteiger partial charge in [-0.2, -0.15) is 0 Å². The van der Waals surface area contributed by atoms with Crippen LogP contribution in [-0.4, -0.2) is 32.5 Å². The molecule has 0 saturated carbocycles. The zero-order chi connectivity index (χ0) is 22.3. The molecule has 0 unspecified atom stereocenters. The van der Waals surface area contributed by atoms with Gasteiger partial charge in [-0.15, -0.1) is 0 Å². The fourth-order valence-electron chi connectivity index (χ4n) is 4.41. The number of rotatable bonds is 8. The summed E-state index contributed by atoms with van der Waals surface area (Å²) < 4.78 is 0. The Kier molecular flexibility index (Phi) is 7.51. The molecule has 1 atom stereocenters. The van der Waals surface area contributed by atoms with Crippen molar-refractivity contribution >= 4 is 17.6 Å². The van der Waals surface area contributed by atoms with Crippen molar-refractivity contribution in [3.8, 4) is 0 Å². The van der Waals surface area contributed by atoms with Gasteiger partial charge in [-0.1, -0.05) is 60.5 Å². The van der Waals surface area contributed by atoms with Crippen molar-refractivity contribution in [3.05, 3.63) is 94.0 Å². The number of likely N-dealkylation sites (tertiary alicyclic amines) is 1. The Balaban J connectivity index is 1.53. The fourth-order valence-corrected chi connectivity index (χ4v) is 4.62. The molecule has 32 heavy (non-hydrogen) atoms. The molecule has 1 aliphatic rings. The van der Waals surface area contributed by atoms with Crippen LogP contribution >= 0.6 is 11.6 Å². The molecule has 1 N–H and O–H groups in total. The second kappa shape index (κ2) is 10.7. The van der Waals surface area contributed by atoms with Crippen molar-refractivity contribution in [3.63, 3.8) is 0 Å². The quantitative estimate of drug-likeness (QED) is 0.475. The number of carboxylic acid groups (broad SMARTS) is 1. The van der Waals surface area contributed by atoms with Gasteiger partial charge < -0.3 is 5.11 Å². The number of carboxylic acids is 1. The molecule has 4 rings (SSSR count). The van der Waals surface area contributed by atoms with Crippen LogP contribution in [0, 0.1) is 0 Å². The first-order chi connectivity index (χ1) is 15.6. The Morgan fingerprint density at radius 1 is 1.06 bits per heavy atom. The minimum absolute atomic E-state index is 0.0819. The maximum absolute atomic E-state index is 11.8. The van der Waals surface area contributed by atoms with Gasteiger partial charge in [0.25, 0.3) is 0 Å². The van der Waals surface area contributed by atoms with Gasteiger partial charge in [0.05, 0.1) is 17.3 Å². The lowest BCUT2D eigenvalue weighted by atomic mass is 9.99. The molecule has 5 nitrogen and oxygen atoms in total. The number of aryl methyl sites for hydroxylation is 2. The lowest BCUT2D eigenvalue weighted by molar-refractivity contribution is 0.0694. The van der Waals surface area contributed by atoms with Gasteiger partial charge in [-0.05, 0) is 61.9 Å². The predicted molar refractivity (Wildman–Crippen MR) is 126 cm³/mol. The highest BCUT2D eigenvalue weighted by Gasteiger charge is 2.27. The summed E-state index contributed by atoms with van der Waals surface area (Å²) in [5, 5.41) is 10.4. The van der Waals surface area contributed by atoms with E-state index in [0.29, 0.717) is 12.1 Å². The molecule has 1 aromatic heterocycles. The summed E-state index contributed by atoms with van der Waals surface area (Å²) in [4.78, 5) is 23.5. The van der Waals surface area contributed by atoms with Crippen LogP contribution in [0.3, 0.4) is 0 Å². The maximum atomic E-state index is 11.8. The summed E-state index contributed by atoms with van der Waals surface area (Å²) in [5.74, 6) is -0.239. The number of hydrogen-bond donors (Lipinski definition) is 1. The first-order valence-electron chi connectivity index (χ1n) is 11.2. The predicted octanol–water partition coefficient (Wildman–Crippen LogP) is 5.73. The van der Waals surface area contributed by atoms with Crippen molar-refractivity contribution in [1.82, 2.24) is 14.9 Å². The number of aromatic carboxylic acids is 1. The maximum Gasteiger partial charge on any atom is 0.339 e. The molecule has 1 fully saturated rings. The standard InChI is InChI=1S/C26H28ClN3O2/c27-21-12-6-11-20(16-21)18-30-15-5-4-14-24(30)25-28-17-22(26(31)32)23(29-25)13-7-10-19-8-2-1-3-9-19/h1-3,6,8-9,11-12,16-17,24H,4-5,7,10,13-15,18H2,(H,31,32)/t24-/m0/s1. The summed E-state index contributed by atoms with van der Waals surface area (Å²) in [5.41, 5.74) is 3.25. The molecule has 6 heteroatoms. The molecule has 0 radical (unpaired) electrons. The molecular weight excluding hydrogens is 422 g/mol. The SMILES string of the molecule is O=C(O)c1cnc([C@@H]2CCCCN2Cc2cccc(Cl)c2)nc1CCCc1ccccc1. The van der Waals surface area contributed by atoms with Crippen molar-refractivity contribution in [2.45, 2.75) is 51.1 Å². The van der Waals surface area contributed by atoms with Gasteiger partial charge in [0.15, 0.2) is 0 Å². The second-order valence-corrected chi connectivity index (χ2v) is 8.78. The normalized spacial score (nSPS) is 16.7. The van der Waals surface area contributed by atoms with Gasteiger partial charge in [0.1, 0.15) is 5.82 Å². The van der Waals surface area contributed by atoms with Crippen molar-refractivity contribution in [1.29, 1.82) is 0 Å². The first-order valence-corrected chi connectivity index (χ1v) is 11.6. The molecule has 0 aliphatic carbocycles. The van der Waals surface area contributed by atoms with E-state index in [-0.39, 0.29) is 11.6 Å².